The van der Waals surface area contributed by atoms with Gasteiger partial charge in [0.15, 0.2) is 0 Å². The van der Waals surface area contributed by atoms with Gasteiger partial charge in [0.2, 0.25) is 0 Å². The highest BCUT2D eigenvalue weighted by Crippen LogP contribution is 2.05. The summed E-state index contributed by atoms with van der Waals surface area (Å²) in [6.45, 7) is 2.00. The molecule has 0 amide bonds. The lowest BCUT2D eigenvalue weighted by Gasteiger charge is -2.01. The van der Waals surface area contributed by atoms with Gasteiger partial charge >= 0.3 is 5.97 Å². The van der Waals surface area contributed by atoms with Gasteiger partial charge in [0.05, 0.1) is 6.61 Å². The third-order valence-corrected chi connectivity index (χ3v) is 3.45. The smallest absolute Gasteiger partial charge is 0.302 e. The van der Waals surface area contributed by atoms with Gasteiger partial charge in [-0.05, 0) is 24.5 Å². The molecular weight excluding hydrogens is 308 g/mol. The molecule has 0 aromatic heterocycles. The Morgan fingerprint density at radius 2 is 1.68 bits per heavy atom. The van der Waals surface area contributed by atoms with Crippen LogP contribution in [0.2, 0.25) is 0 Å². The molecule has 2 heteroatoms. The zero-order valence-corrected chi connectivity index (χ0v) is 15.1. The summed E-state index contributed by atoms with van der Waals surface area (Å²) < 4.78 is 4.89. The maximum Gasteiger partial charge on any atom is 0.302 e. The quantitative estimate of drug-likeness (QED) is 0.236. The summed E-state index contributed by atoms with van der Waals surface area (Å²) in [6.07, 6.45) is 18.4. The van der Waals surface area contributed by atoms with E-state index >= 15 is 0 Å². The maximum atomic E-state index is 10.6. The fourth-order valence-electron chi connectivity index (χ4n) is 2.16. The van der Waals surface area contributed by atoms with Crippen LogP contribution in [0.25, 0.3) is 6.08 Å². The zero-order valence-electron chi connectivity index (χ0n) is 15.1. The zero-order chi connectivity index (χ0) is 18.0. The van der Waals surface area contributed by atoms with Gasteiger partial charge < -0.3 is 4.74 Å². The Bertz CT molecular complexity index is 612. The van der Waals surface area contributed by atoms with E-state index in [1.807, 2.05) is 48.6 Å². The largest absolute Gasteiger partial charge is 0.466 e. The normalized spacial score (nSPS) is 11.1. The van der Waals surface area contributed by atoms with Gasteiger partial charge in [-0.15, -0.1) is 0 Å². The van der Waals surface area contributed by atoms with Crippen molar-refractivity contribution in [1.29, 1.82) is 0 Å². The Morgan fingerprint density at radius 1 is 0.960 bits per heavy atom. The molecule has 1 aromatic rings. The first kappa shape index (κ1) is 20.5. The van der Waals surface area contributed by atoms with E-state index in [1.165, 1.54) is 25.3 Å². The van der Waals surface area contributed by atoms with Gasteiger partial charge in [0, 0.05) is 13.3 Å². The van der Waals surface area contributed by atoms with E-state index in [0.717, 1.165) is 25.7 Å². The monoisotopic (exact) mass is 336 g/mol. The minimum Gasteiger partial charge on any atom is -0.466 e. The highest BCUT2D eigenvalue weighted by Gasteiger charge is 1.93. The van der Waals surface area contributed by atoms with Gasteiger partial charge in [-0.3, -0.25) is 4.79 Å². The summed E-state index contributed by atoms with van der Waals surface area (Å²) >= 11 is 0. The van der Waals surface area contributed by atoms with Gasteiger partial charge in [-0.1, -0.05) is 91.8 Å². The molecule has 0 spiro atoms. The maximum absolute atomic E-state index is 10.6. The van der Waals surface area contributed by atoms with E-state index in [9.17, 15) is 4.79 Å². The molecule has 0 aliphatic rings. The number of carbonyl (C=O) groups excluding carboxylic acids is 1. The van der Waals surface area contributed by atoms with Crippen LogP contribution in [0.4, 0.5) is 0 Å². The predicted octanol–water partition coefficient (Wildman–Crippen LogP) is 5.72. The molecule has 1 rings (SSSR count). The number of allylic oxidation sites excluding steroid dienone is 5. The molecule has 0 radical (unpaired) electrons. The first-order valence-corrected chi connectivity index (χ1v) is 8.96. The van der Waals surface area contributed by atoms with Crippen molar-refractivity contribution in [3.05, 3.63) is 66.3 Å². The standard InChI is InChI=1S/C23H28O2/c1-22(24)25-21-17-12-10-8-6-4-2-3-5-7-9-11-14-18-23-19-15-13-16-20-23/h5,7,9,11,13-16,18-20H,4,6,8,10,12,17,21H2,1H3/b7-5+,11-9+,18-14+. The second-order valence-corrected chi connectivity index (χ2v) is 5.69. The second kappa shape index (κ2) is 15.0. The molecule has 0 N–H and O–H groups in total. The average molecular weight is 336 g/mol. The predicted molar refractivity (Wildman–Crippen MR) is 106 cm³/mol. The van der Waals surface area contributed by atoms with E-state index in [0.29, 0.717) is 6.61 Å². The van der Waals surface area contributed by atoms with Crippen LogP contribution in [0.5, 0.6) is 0 Å². The molecule has 1 aromatic carbocycles. The molecule has 0 unspecified atom stereocenters. The van der Waals surface area contributed by atoms with Gasteiger partial charge in [-0.2, -0.15) is 0 Å². The van der Waals surface area contributed by atoms with Gasteiger partial charge in [-0.25, -0.2) is 0 Å². The molecule has 0 saturated heterocycles. The van der Waals surface area contributed by atoms with Crippen molar-refractivity contribution in [1.82, 2.24) is 0 Å². The number of hydrogen-bond acceptors (Lipinski definition) is 2. The molecule has 0 aliphatic carbocycles. The number of esters is 1. The first-order valence-electron chi connectivity index (χ1n) is 8.96. The summed E-state index contributed by atoms with van der Waals surface area (Å²) in [5, 5.41) is 0. The molecular formula is C23H28O2. The molecule has 0 bridgehead atoms. The van der Waals surface area contributed by atoms with Crippen LogP contribution in [-0.2, 0) is 9.53 Å². The number of ether oxygens (including phenoxy) is 1. The van der Waals surface area contributed by atoms with E-state index in [1.54, 1.807) is 0 Å². The molecule has 0 heterocycles. The Kier molecular flexibility index (Phi) is 12.3. The van der Waals surface area contributed by atoms with Crippen molar-refractivity contribution < 1.29 is 9.53 Å². The number of hydrogen-bond donors (Lipinski definition) is 0. The summed E-state index contributed by atoms with van der Waals surface area (Å²) in [6, 6.07) is 10.2. The minimum absolute atomic E-state index is 0.189. The van der Waals surface area contributed by atoms with Gasteiger partial charge in [0.1, 0.15) is 0 Å². The van der Waals surface area contributed by atoms with Gasteiger partial charge in [0.25, 0.3) is 0 Å². The van der Waals surface area contributed by atoms with Crippen molar-refractivity contribution in [3.63, 3.8) is 0 Å². The molecule has 25 heavy (non-hydrogen) atoms. The van der Waals surface area contributed by atoms with Crippen LogP contribution >= 0.6 is 0 Å². The first-order chi connectivity index (χ1) is 12.3. The number of unbranched alkanes of at least 4 members (excludes halogenated alkanes) is 5. The Morgan fingerprint density at radius 3 is 2.48 bits per heavy atom. The van der Waals surface area contributed by atoms with Crippen molar-refractivity contribution >= 4 is 12.0 Å². The molecule has 0 atom stereocenters. The van der Waals surface area contributed by atoms with Crippen molar-refractivity contribution in [2.45, 2.75) is 45.4 Å². The summed E-state index contributed by atoms with van der Waals surface area (Å²) in [4.78, 5) is 10.6. The Hall–Kier alpha value is -2.53. The molecule has 132 valence electrons. The van der Waals surface area contributed by atoms with Crippen molar-refractivity contribution in [2.75, 3.05) is 6.61 Å². The summed E-state index contributed by atoms with van der Waals surface area (Å²) in [5.41, 5.74) is 1.20. The number of rotatable bonds is 10. The van der Waals surface area contributed by atoms with E-state index in [2.05, 4.69) is 30.0 Å². The van der Waals surface area contributed by atoms with Crippen LogP contribution in [0.1, 0.15) is 51.0 Å². The van der Waals surface area contributed by atoms with Crippen LogP contribution < -0.4 is 0 Å². The molecule has 0 saturated carbocycles. The topological polar surface area (TPSA) is 26.3 Å². The Labute approximate surface area is 152 Å². The van der Waals surface area contributed by atoms with Crippen molar-refractivity contribution in [3.8, 4) is 11.8 Å². The summed E-state index contributed by atoms with van der Waals surface area (Å²) in [5.74, 6) is 6.03. The molecule has 0 aliphatic heterocycles. The number of benzene rings is 1. The third kappa shape index (κ3) is 13.6. The minimum atomic E-state index is -0.189. The SMILES string of the molecule is CC(=O)OCCCCCCCC#C/C=C/C=C/C=C/c1ccccc1. The van der Waals surface area contributed by atoms with Crippen molar-refractivity contribution in [2.24, 2.45) is 0 Å². The lowest BCUT2D eigenvalue weighted by atomic mass is 10.1. The van der Waals surface area contributed by atoms with E-state index < -0.39 is 0 Å². The van der Waals surface area contributed by atoms with Crippen LogP contribution in [0.15, 0.2) is 60.7 Å². The van der Waals surface area contributed by atoms with E-state index in [-0.39, 0.29) is 5.97 Å². The highest BCUT2D eigenvalue weighted by atomic mass is 16.5. The van der Waals surface area contributed by atoms with Crippen LogP contribution in [0, 0.1) is 11.8 Å². The third-order valence-electron chi connectivity index (χ3n) is 3.45. The highest BCUT2D eigenvalue weighted by molar-refractivity contribution is 5.65. The van der Waals surface area contributed by atoms with Crippen LogP contribution in [-0.4, -0.2) is 12.6 Å². The lowest BCUT2D eigenvalue weighted by molar-refractivity contribution is -0.141. The van der Waals surface area contributed by atoms with Crippen LogP contribution in [0.3, 0.4) is 0 Å². The summed E-state index contributed by atoms with van der Waals surface area (Å²) in [7, 11) is 0. The second-order valence-electron chi connectivity index (χ2n) is 5.69. The van der Waals surface area contributed by atoms with E-state index in [4.69, 9.17) is 4.74 Å². The fourth-order valence-corrected chi connectivity index (χ4v) is 2.16. The number of carbonyl (C=O) groups is 1. The average Bonchev–Trinajstić information content (AvgIpc) is 2.62. The molecule has 0 fully saturated rings. The molecule has 2 nitrogen and oxygen atoms in total. The lowest BCUT2D eigenvalue weighted by Crippen LogP contribution is -1.99. The fraction of sp³-hybridized carbons (Fsp3) is 0.348. The Balaban J connectivity index is 1.99.